The van der Waals surface area contributed by atoms with Gasteiger partial charge >= 0.3 is 0 Å². The third-order valence-corrected chi connectivity index (χ3v) is 8.14. The maximum atomic E-state index is 13.6. The Balaban J connectivity index is 1.56. The number of rotatable bonds is 9. The van der Waals surface area contributed by atoms with Gasteiger partial charge in [-0.2, -0.15) is 0 Å². The van der Waals surface area contributed by atoms with Crippen molar-refractivity contribution in [2.24, 2.45) is 5.92 Å². The van der Waals surface area contributed by atoms with Crippen molar-refractivity contribution in [3.8, 4) is 5.75 Å². The third-order valence-electron chi connectivity index (χ3n) is 8.14. The molecule has 0 aliphatic carbocycles. The number of carbonyl (C=O) groups is 1. The summed E-state index contributed by atoms with van der Waals surface area (Å²) >= 11 is 0. The second kappa shape index (κ2) is 11.3. The SMILES string of the molecule is COc1cc(C)[nH]c(=O)c1CNC(=O)c1c(C)n([C@H](C)C2CCN(CC(C)(C)OC)CC2)c2ccccc12. The van der Waals surface area contributed by atoms with Gasteiger partial charge in [-0.05, 0) is 78.6 Å². The van der Waals surface area contributed by atoms with E-state index in [2.05, 4.69) is 46.6 Å². The van der Waals surface area contributed by atoms with Gasteiger partial charge in [-0.15, -0.1) is 0 Å². The molecule has 1 aliphatic heterocycles. The highest BCUT2D eigenvalue weighted by molar-refractivity contribution is 6.08. The number of ether oxygens (including phenoxy) is 2. The van der Waals surface area contributed by atoms with E-state index >= 15 is 0 Å². The molecule has 38 heavy (non-hydrogen) atoms. The molecule has 4 rings (SSSR count). The first-order valence-corrected chi connectivity index (χ1v) is 13.5. The molecule has 0 unspecified atom stereocenters. The molecule has 3 aromatic rings. The number of nitrogens with one attached hydrogen (secondary N) is 2. The predicted octanol–water partition coefficient (Wildman–Crippen LogP) is 4.58. The first kappa shape index (κ1) is 27.9. The average Bonchev–Trinajstić information content (AvgIpc) is 3.19. The van der Waals surface area contributed by atoms with E-state index in [1.54, 1.807) is 20.1 Å². The van der Waals surface area contributed by atoms with Gasteiger partial charge in [0.1, 0.15) is 5.75 Å². The summed E-state index contributed by atoms with van der Waals surface area (Å²) in [5.41, 5.74) is 3.39. The van der Waals surface area contributed by atoms with E-state index in [-0.39, 0.29) is 29.7 Å². The minimum Gasteiger partial charge on any atom is -0.496 e. The lowest BCUT2D eigenvalue weighted by Gasteiger charge is -2.39. The van der Waals surface area contributed by atoms with E-state index in [1.165, 1.54) is 7.11 Å². The lowest BCUT2D eigenvalue weighted by molar-refractivity contribution is -0.0162. The maximum absolute atomic E-state index is 13.6. The second-order valence-corrected chi connectivity index (χ2v) is 11.2. The standard InChI is InChI=1S/C30H42N4O4/c1-19-16-26(37-6)24(28(35)32-19)17-31-29(36)27-21(3)34(25-11-9-8-10-23(25)27)20(2)22-12-14-33(15-13-22)18-30(4,5)38-7/h8-11,16,20,22H,12-15,17-18H2,1-7H3,(H,31,36)(H,32,35)/t20-/m1/s1. The Hall–Kier alpha value is -3.10. The van der Waals surface area contributed by atoms with Crippen LogP contribution >= 0.6 is 0 Å². The van der Waals surface area contributed by atoms with Crippen molar-refractivity contribution in [1.82, 2.24) is 19.8 Å². The number of benzene rings is 1. The Morgan fingerprint density at radius 3 is 2.53 bits per heavy atom. The van der Waals surface area contributed by atoms with E-state index in [1.807, 2.05) is 25.1 Å². The van der Waals surface area contributed by atoms with Crippen molar-refractivity contribution in [3.63, 3.8) is 0 Å². The fourth-order valence-electron chi connectivity index (χ4n) is 5.90. The minimum absolute atomic E-state index is 0.0857. The summed E-state index contributed by atoms with van der Waals surface area (Å²) in [5, 5.41) is 3.91. The van der Waals surface area contributed by atoms with Gasteiger partial charge < -0.3 is 29.2 Å². The fourth-order valence-corrected chi connectivity index (χ4v) is 5.90. The zero-order valence-corrected chi connectivity index (χ0v) is 23.8. The van der Waals surface area contributed by atoms with Gasteiger partial charge in [0.2, 0.25) is 0 Å². The van der Waals surface area contributed by atoms with E-state index < -0.39 is 0 Å². The number of aryl methyl sites for hydroxylation is 1. The smallest absolute Gasteiger partial charge is 0.256 e. The summed E-state index contributed by atoms with van der Waals surface area (Å²) in [5.74, 6) is 0.792. The largest absolute Gasteiger partial charge is 0.496 e. The van der Waals surface area contributed by atoms with E-state index in [0.29, 0.717) is 28.5 Å². The summed E-state index contributed by atoms with van der Waals surface area (Å²) < 4.78 is 13.4. The molecule has 206 valence electrons. The van der Waals surface area contributed by atoms with Crippen LogP contribution in [0.2, 0.25) is 0 Å². The number of hydrogen-bond donors (Lipinski definition) is 2. The summed E-state index contributed by atoms with van der Waals surface area (Å²) in [6, 6.07) is 10.1. The normalized spacial score (nSPS) is 16.1. The van der Waals surface area contributed by atoms with Crippen LogP contribution in [0.15, 0.2) is 35.1 Å². The van der Waals surface area contributed by atoms with Crippen molar-refractivity contribution in [2.45, 2.75) is 65.6 Å². The quantitative estimate of drug-likeness (QED) is 0.429. The van der Waals surface area contributed by atoms with Crippen LogP contribution < -0.4 is 15.6 Å². The van der Waals surface area contributed by atoms with Gasteiger partial charge in [0, 0.05) is 42.0 Å². The molecule has 2 aromatic heterocycles. The molecule has 0 bridgehead atoms. The third kappa shape index (κ3) is 5.66. The predicted molar refractivity (Wildman–Crippen MR) is 151 cm³/mol. The number of nitrogens with zero attached hydrogens (tertiary/aromatic N) is 2. The van der Waals surface area contributed by atoms with Gasteiger partial charge in [-0.25, -0.2) is 0 Å². The van der Waals surface area contributed by atoms with Crippen LogP contribution in [0.3, 0.4) is 0 Å². The monoisotopic (exact) mass is 522 g/mol. The molecule has 0 radical (unpaired) electrons. The molecule has 3 heterocycles. The molecule has 1 fully saturated rings. The molecule has 1 atom stereocenters. The topological polar surface area (TPSA) is 88.6 Å². The van der Waals surface area contributed by atoms with E-state index in [4.69, 9.17) is 9.47 Å². The number of fused-ring (bicyclic) bond motifs is 1. The molecule has 8 nitrogen and oxygen atoms in total. The number of H-pyrrole nitrogens is 1. The fraction of sp³-hybridized carbons (Fsp3) is 0.533. The summed E-state index contributed by atoms with van der Waals surface area (Å²) in [4.78, 5) is 31.4. The zero-order chi connectivity index (χ0) is 27.6. The lowest BCUT2D eigenvalue weighted by atomic mass is 9.89. The molecule has 1 aliphatic rings. The average molecular weight is 523 g/mol. The number of amides is 1. The van der Waals surface area contributed by atoms with E-state index in [9.17, 15) is 9.59 Å². The molecule has 1 amide bonds. The zero-order valence-electron chi connectivity index (χ0n) is 23.8. The Morgan fingerprint density at radius 2 is 1.87 bits per heavy atom. The molecule has 1 aromatic carbocycles. The molecular formula is C30H42N4O4. The van der Waals surface area contributed by atoms with Gasteiger partial charge in [-0.1, -0.05) is 18.2 Å². The molecule has 2 N–H and O–H groups in total. The first-order chi connectivity index (χ1) is 18.1. The number of piperidine rings is 1. The van der Waals surface area contributed by atoms with Crippen LogP contribution in [-0.2, 0) is 11.3 Å². The highest BCUT2D eigenvalue weighted by Crippen LogP contribution is 2.36. The van der Waals surface area contributed by atoms with Crippen LogP contribution in [0.4, 0.5) is 0 Å². The number of carbonyl (C=O) groups excluding carboxylic acids is 1. The number of para-hydroxylation sites is 1. The van der Waals surface area contributed by atoms with Crippen LogP contribution in [0, 0.1) is 19.8 Å². The minimum atomic E-state index is -0.254. The van der Waals surface area contributed by atoms with Crippen molar-refractivity contribution >= 4 is 16.8 Å². The van der Waals surface area contributed by atoms with Crippen LogP contribution in [0.25, 0.3) is 10.9 Å². The highest BCUT2D eigenvalue weighted by atomic mass is 16.5. The molecular weight excluding hydrogens is 480 g/mol. The molecule has 8 heteroatoms. The first-order valence-electron chi connectivity index (χ1n) is 13.5. The Labute approximate surface area is 225 Å². The Morgan fingerprint density at radius 1 is 1.18 bits per heavy atom. The number of methoxy groups -OCH3 is 2. The number of aromatic nitrogens is 2. The van der Waals surface area contributed by atoms with E-state index in [0.717, 1.165) is 49.1 Å². The highest BCUT2D eigenvalue weighted by Gasteiger charge is 2.31. The number of aromatic amines is 1. The number of hydrogen-bond acceptors (Lipinski definition) is 5. The summed E-state index contributed by atoms with van der Waals surface area (Å²) in [6.07, 6.45) is 2.20. The van der Waals surface area contributed by atoms with Gasteiger partial charge in [-0.3, -0.25) is 9.59 Å². The molecule has 0 saturated carbocycles. The lowest BCUT2D eigenvalue weighted by Crippen LogP contribution is -2.44. The Kier molecular flexibility index (Phi) is 8.33. The van der Waals surface area contributed by atoms with Gasteiger partial charge in [0.05, 0.1) is 30.4 Å². The van der Waals surface area contributed by atoms with Crippen molar-refractivity contribution in [1.29, 1.82) is 0 Å². The van der Waals surface area contributed by atoms with Gasteiger partial charge in [0.25, 0.3) is 11.5 Å². The van der Waals surface area contributed by atoms with Crippen LogP contribution in [-0.4, -0.2) is 59.8 Å². The van der Waals surface area contributed by atoms with Crippen molar-refractivity contribution < 1.29 is 14.3 Å². The Bertz CT molecular complexity index is 1350. The number of likely N-dealkylation sites (tertiary alicyclic amines) is 1. The van der Waals surface area contributed by atoms with Gasteiger partial charge in [0.15, 0.2) is 0 Å². The molecule has 0 spiro atoms. The molecule has 1 saturated heterocycles. The summed E-state index contributed by atoms with van der Waals surface area (Å²) in [7, 11) is 3.31. The van der Waals surface area contributed by atoms with Crippen LogP contribution in [0.5, 0.6) is 5.75 Å². The summed E-state index contributed by atoms with van der Waals surface area (Å²) in [6.45, 7) is 13.5. The van der Waals surface area contributed by atoms with Crippen molar-refractivity contribution in [3.05, 3.63) is 63.2 Å². The maximum Gasteiger partial charge on any atom is 0.256 e. The van der Waals surface area contributed by atoms with Crippen molar-refractivity contribution in [2.75, 3.05) is 33.9 Å². The second-order valence-electron chi connectivity index (χ2n) is 11.2. The van der Waals surface area contributed by atoms with Crippen LogP contribution in [0.1, 0.15) is 67.0 Å². The number of pyridine rings is 1.